The molecule has 0 saturated carbocycles. The topological polar surface area (TPSA) is 40.5 Å². The number of halogens is 2. The van der Waals surface area contributed by atoms with Crippen LogP contribution in [0.25, 0.3) is 105 Å². The van der Waals surface area contributed by atoms with Crippen molar-refractivity contribution in [3.05, 3.63) is 231 Å². The Hall–Kier alpha value is -6.20. The number of fused-ring (bicyclic) bond motifs is 15. The van der Waals surface area contributed by atoms with E-state index in [-0.39, 0.29) is 0 Å². The van der Waals surface area contributed by atoms with E-state index in [0.717, 1.165) is 31.9 Å². The molecule has 334 valence electrons. The minimum atomic E-state index is -1.41. The second-order valence-electron chi connectivity index (χ2n) is 18.0. The van der Waals surface area contributed by atoms with E-state index in [1.807, 2.05) is 53.0 Å². The van der Waals surface area contributed by atoms with Crippen molar-refractivity contribution in [3.63, 3.8) is 0 Å². The van der Waals surface area contributed by atoms with Gasteiger partial charge in [0, 0.05) is 64.1 Å². The maximum Gasteiger partial charge on any atom is 0.489 e. The summed E-state index contributed by atoms with van der Waals surface area (Å²) in [6.07, 6.45) is 2.07. The quantitative estimate of drug-likeness (QED) is 0.173. The predicted octanol–water partition coefficient (Wildman–Crippen LogP) is 17.8. The van der Waals surface area contributed by atoms with Gasteiger partial charge in [0.25, 0.3) is 0 Å². The minimum Gasteiger partial charge on any atom is -0.423 e. The maximum absolute atomic E-state index is 9.31. The molecule has 3 aromatic heterocycles. The summed E-state index contributed by atoms with van der Waals surface area (Å²) in [6, 6.07) is 72.0. The number of rotatable bonds is 3. The Morgan fingerprint density at radius 3 is 1.13 bits per heavy atom. The third-order valence-electron chi connectivity index (χ3n) is 13.8. The first-order chi connectivity index (χ1) is 34.3. The average Bonchev–Trinajstić information content (AvgIpc) is 4.22. The SMILES string of the molecule is Brc1ccc2c(c1)-c1cc(Br)ccc1C2.OB(O)c1cccc2c1sc1ccccc12.c1ccc2c(c1)sc1c(-c3ccc4c(c3)-c3cc(-c5cccc6c5sc5ccccc56)ccc3C4)cccc12. The monoisotopic (exact) mass is 1080 g/mol. The molecule has 0 fully saturated rings. The van der Waals surface area contributed by atoms with E-state index in [0.29, 0.717) is 5.46 Å². The van der Waals surface area contributed by atoms with Crippen LogP contribution in [0.3, 0.4) is 0 Å². The smallest absolute Gasteiger partial charge is 0.423 e. The summed E-state index contributed by atoms with van der Waals surface area (Å²) < 4.78 is 9.88. The molecular formula is C62H39BBr2O2S3. The number of hydrogen-bond donors (Lipinski definition) is 2. The van der Waals surface area contributed by atoms with E-state index in [1.165, 1.54) is 117 Å². The van der Waals surface area contributed by atoms with Crippen molar-refractivity contribution in [2.75, 3.05) is 0 Å². The van der Waals surface area contributed by atoms with Crippen LogP contribution in [-0.4, -0.2) is 17.2 Å². The summed E-state index contributed by atoms with van der Waals surface area (Å²) in [5, 5.41) is 26.3. The Labute approximate surface area is 434 Å². The van der Waals surface area contributed by atoms with Crippen molar-refractivity contribution < 1.29 is 10.0 Å². The molecule has 0 atom stereocenters. The average molecular weight is 1080 g/mol. The lowest BCUT2D eigenvalue weighted by molar-refractivity contribution is 0.426. The van der Waals surface area contributed by atoms with Crippen molar-refractivity contribution in [1.82, 2.24) is 0 Å². The Kier molecular flexibility index (Phi) is 11.2. The molecule has 2 aliphatic rings. The molecule has 0 spiro atoms. The summed E-state index contributed by atoms with van der Waals surface area (Å²) in [4.78, 5) is 0. The van der Waals surface area contributed by atoms with Crippen molar-refractivity contribution >= 4 is 139 Å². The molecule has 0 radical (unpaired) electrons. The largest absolute Gasteiger partial charge is 0.489 e. The van der Waals surface area contributed by atoms with Gasteiger partial charge >= 0.3 is 7.12 Å². The fourth-order valence-corrected chi connectivity index (χ4v) is 15.0. The maximum atomic E-state index is 9.31. The molecule has 2 N–H and O–H groups in total. The lowest BCUT2D eigenvalue weighted by atomic mass is 9.80. The Morgan fingerprint density at radius 1 is 0.329 bits per heavy atom. The van der Waals surface area contributed by atoms with Crippen molar-refractivity contribution in [3.8, 4) is 44.5 Å². The van der Waals surface area contributed by atoms with Gasteiger partial charge in [-0.15, -0.1) is 34.0 Å². The molecule has 10 aromatic carbocycles. The van der Waals surface area contributed by atoms with E-state index in [1.54, 1.807) is 17.4 Å². The number of thiophene rings is 3. The van der Waals surface area contributed by atoms with E-state index in [2.05, 4.69) is 196 Å². The van der Waals surface area contributed by atoms with Crippen LogP contribution in [0.4, 0.5) is 0 Å². The molecule has 8 heteroatoms. The van der Waals surface area contributed by atoms with Gasteiger partial charge in [-0.3, -0.25) is 0 Å². The zero-order valence-electron chi connectivity index (χ0n) is 37.4. The molecule has 0 saturated heterocycles. The summed E-state index contributed by atoms with van der Waals surface area (Å²) in [7, 11) is -1.41. The van der Waals surface area contributed by atoms with Crippen LogP contribution in [0.5, 0.6) is 0 Å². The summed E-state index contributed by atoms with van der Waals surface area (Å²) in [5.74, 6) is 0. The van der Waals surface area contributed by atoms with Gasteiger partial charge in [0.05, 0.1) is 0 Å². The van der Waals surface area contributed by atoms with Gasteiger partial charge in [0.15, 0.2) is 0 Å². The van der Waals surface area contributed by atoms with Crippen LogP contribution in [0, 0.1) is 0 Å². The fraction of sp³-hybridized carbons (Fsp3) is 0.0323. The molecular weight excluding hydrogens is 1040 g/mol. The van der Waals surface area contributed by atoms with Crippen LogP contribution < -0.4 is 5.46 Å². The molecule has 2 aliphatic carbocycles. The van der Waals surface area contributed by atoms with Gasteiger partial charge in [-0.25, -0.2) is 0 Å². The molecule has 0 bridgehead atoms. The van der Waals surface area contributed by atoms with Crippen LogP contribution in [0.1, 0.15) is 22.3 Å². The highest BCUT2D eigenvalue weighted by atomic mass is 79.9. The second-order valence-corrected chi connectivity index (χ2v) is 22.9. The Morgan fingerprint density at radius 2 is 0.686 bits per heavy atom. The highest BCUT2D eigenvalue weighted by molar-refractivity contribution is 9.10. The first kappa shape index (κ1) is 43.8. The highest BCUT2D eigenvalue weighted by Crippen LogP contribution is 2.46. The second kappa shape index (κ2) is 17.9. The highest BCUT2D eigenvalue weighted by Gasteiger charge is 2.23. The zero-order chi connectivity index (χ0) is 47.0. The minimum absolute atomic E-state index is 0.582. The van der Waals surface area contributed by atoms with Crippen LogP contribution in [0.2, 0.25) is 0 Å². The van der Waals surface area contributed by atoms with Crippen LogP contribution in [-0.2, 0) is 12.8 Å². The van der Waals surface area contributed by atoms with Crippen molar-refractivity contribution in [2.45, 2.75) is 12.8 Å². The predicted molar refractivity (Wildman–Crippen MR) is 311 cm³/mol. The Balaban J connectivity index is 0.000000126. The van der Waals surface area contributed by atoms with E-state index >= 15 is 0 Å². The summed E-state index contributed by atoms with van der Waals surface area (Å²) >= 11 is 12.5. The third-order valence-corrected chi connectivity index (χ3v) is 18.5. The lowest BCUT2D eigenvalue weighted by Gasteiger charge is -2.10. The van der Waals surface area contributed by atoms with Gasteiger partial charge in [-0.1, -0.05) is 177 Å². The van der Waals surface area contributed by atoms with Crippen molar-refractivity contribution in [2.24, 2.45) is 0 Å². The fourth-order valence-electron chi connectivity index (χ4n) is 10.5. The summed E-state index contributed by atoms with van der Waals surface area (Å²) in [5.41, 5.74) is 17.0. The first-order valence-electron chi connectivity index (χ1n) is 23.2. The van der Waals surface area contributed by atoms with E-state index < -0.39 is 7.12 Å². The lowest BCUT2D eigenvalue weighted by Crippen LogP contribution is -2.29. The van der Waals surface area contributed by atoms with Crippen LogP contribution in [0.15, 0.2) is 209 Å². The van der Waals surface area contributed by atoms with Crippen molar-refractivity contribution in [1.29, 1.82) is 0 Å². The van der Waals surface area contributed by atoms with E-state index in [9.17, 15) is 10.0 Å². The Bertz CT molecular complexity index is 4010. The molecule has 15 rings (SSSR count). The molecule has 3 heterocycles. The summed E-state index contributed by atoms with van der Waals surface area (Å²) in [6.45, 7) is 0. The van der Waals surface area contributed by atoms with Gasteiger partial charge in [0.1, 0.15) is 0 Å². The van der Waals surface area contributed by atoms with Crippen LogP contribution >= 0.6 is 65.9 Å². The number of benzene rings is 10. The third kappa shape index (κ3) is 7.65. The zero-order valence-corrected chi connectivity index (χ0v) is 43.0. The van der Waals surface area contributed by atoms with E-state index in [4.69, 9.17) is 0 Å². The molecule has 0 amide bonds. The molecule has 70 heavy (non-hydrogen) atoms. The van der Waals surface area contributed by atoms with Gasteiger partial charge in [0.2, 0.25) is 0 Å². The normalized spacial score (nSPS) is 12.2. The van der Waals surface area contributed by atoms with Gasteiger partial charge in [-0.2, -0.15) is 0 Å². The molecule has 0 unspecified atom stereocenters. The van der Waals surface area contributed by atoms with Gasteiger partial charge in [-0.05, 0) is 145 Å². The standard InChI is InChI=1S/C37H22S2.C13H8Br2.C12H9BO2S/c1-3-13-34-28(7-1)30-11-5-9-26(36(30)38-34)24-17-15-22-19-23-16-18-25(21-33(23)32(22)20-24)27-10-6-12-31-29-8-2-4-14-35(29)39-37(27)31;14-10-3-1-8-5-9-2-4-11(15)7-13(9)12(8)6-10;14-13(15)10-6-3-5-9-8-4-1-2-7-11(8)16-12(9)10/h1-18,20-21H,19H2;1-4,6-7H,5H2;1-7,14-15H. The first-order valence-corrected chi connectivity index (χ1v) is 27.3. The van der Waals surface area contributed by atoms with Gasteiger partial charge < -0.3 is 10.0 Å². The number of hydrogen-bond acceptors (Lipinski definition) is 5. The molecule has 2 nitrogen and oxygen atoms in total. The molecule has 0 aliphatic heterocycles. The molecule has 13 aromatic rings.